The van der Waals surface area contributed by atoms with Crippen LogP contribution in [0.1, 0.15) is 43.9 Å². The molecule has 2 atom stereocenters. The highest BCUT2D eigenvalue weighted by molar-refractivity contribution is 5.82. The molecule has 1 heterocycles. The molecule has 3 heteroatoms. The van der Waals surface area contributed by atoms with Crippen molar-refractivity contribution in [1.29, 1.82) is 0 Å². The van der Waals surface area contributed by atoms with Crippen LogP contribution in [0.2, 0.25) is 0 Å². The van der Waals surface area contributed by atoms with Crippen molar-refractivity contribution < 1.29 is 4.42 Å². The number of hydrogen-bond donors (Lipinski definition) is 1. The first-order chi connectivity index (χ1) is 10.2. The van der Waals surface area contributed by atoms with Gasteiger partial charge in [-0.1, -0.05) is 38.0 Å². The zero-order valence-electron chi connectivity index (χ0n) is 13.1. The fraction of sp³-hybridized carbons (Fsp3) is 0.556. The van der Waals surface area contributed by atoms with Crippen LogP contribution < -0.4 is 5.73 Å². The van der Waals surface area contributed by atoms with Gasteiger partial charge in [-0.15, -0.1) is 0 Å². The van der Waals surface area contributed by atoms with Gasteiger partial charge in [-0.3, -0.25) is 4.90 Å². The second kappa shape index (κ2) is 6.20. The molecular weight excluding hydrogens is 260 g/mol. The molecule has 0 amide bonds. The van der Waals surface area contributed by atoms with E-state index in [1.54, 1.807) is 0 Å². The number of fused-ring (bicyclic) bond motifs is 1. The summed E-state index contributed by atoms with van der Waals surface area (Å²) in [6.07, 6.45) is 5.36. The molecule has 1 aliphatic rings. The molecule has 0 saturated heterocycles. The van der Waals surface area contributed by atoms with Gasteiger partial charge in [-0.2, -0.15) is 0 Å². The van der Waals surface area contributed by atoms with Crippen molar-refractivity contribution in [1.82, 2.24) is 4.90 Å². The van der Waals surface area contributed by atoms with Crippen LogP contribution in [0.5, 0.6) is 0 Å². The minimum absolute atomic E-state index is 0.471. The van der Waals surface area contributed by atoms with Crippen molar-refractivity contribution in [3.63, 3.8) is 0 Å². The lowest BCUT2D eigenvalue weighted by atomic mass is 9.86. The van der Waals surface area contributed by atoms with Gasteiger partial charge in [0.05, 0.1) is 6.54 Å². The molecule has 2 N–H and O–H groups in total. The van der Waals surface area contributed by atoms with Crippen LogP contribution in [-0.2, 0) is 13.1 Å². The van der Waals surface area contributed by atoms with E-state index < -0.39 is 0 Å². The maximum atomic E-state index is 5.91. The first-order valence-corrected chi connectivity index (χ1v) is 8.08. The zero-order chi connectivity index (χ0) is 14.8. The summed E-state index contributed by atoms with van der Waals surface area (Å²) in [6.45, 7) is 3.78. The topological polar surface area (TPSA) is 42.4 Å². The van der Waals surface area contributed by atoms with Gasteiger partial charge in [0, 0.05) is 23.5 Å². The van der Waals surface area contributed by atoms with Crippen LogP contribution in [0.25, 0.3) is 11.0 Å². The van der Waals surface area contributed by atoms with Gasteiger partial charge in [0.1, 0.15) is 11.3 Å². The second-order valence-electron chi connectivity index (χ2n) is 6.54. The number of nitrogens with zero attached hydrogens (tertiary/aromatic N) is 1. The average Bonchev–Trinajstić information content (AvgIpc) is 2.85. The molecule has 1 aromatic carbocycles. The van der Waals surface area contributed by atoms with Crippen LogP contribution in [0.15, 0.2) is 28.7 Å². The van der Waals surface area contributed by atoms with E-state index in [4.69, 9.17) is 10.2 Å². The molecule has 1 fully saturated rings. The van der Waals surface area contributed by atoms with Crippen molar-refractivity contribution in [2.45, 2.75) is 51.7 Å². The Morgan fingerprint density at radius 1 is 1.29 bits per heavy atom. The van der Waals surface area contributed by atoms with E-state index in [9.17, 15) is 0 Å². The maximum Gasteiger partial charge on any atom is 0.134 e. The predicted octanol–water partition coefficient (Wildman–Crippen LogP) is 3.90. The van der Waals surface area contributed by atoms with Gasteiger partial charge in [-0.05, 0) is 31.9 Å². The summed E-state index contributed by atoms with van der Waals surface area (Å²) >= 11 is 0. The molecule has 0 bridgehead atoms. The Morgan fingerprint density at radius 3 is 2.86 bits per heavy atom. The van der Waals surface area contributed by atoms with Crippen molar-refractivity contribution >= 4 is 11.0 Å². The Bertz CT molecular complexity index is 604. The maximum absolute atomic E-state index is 5.91. The molecule has 0 aliphatic heterocycles. The number of rotatable bonds is 4. The molecule has 114 valence electrons. The van der Waals surface area contributed by atoms with Crippen LogP contribution >= 0.6 is 0 Å². The highest BCUT2D eigenvalue weighted by atomic mass is 16.3. The summed E-state index contributed by atoms with van der Waals surface area (Å²) in [5.41, 5.74) is 8.11. The SMILES string of the molecule is CC1CCCC(N(C)Cc2c(CN)oc3ccccc23)C1. The van der Waals surface area contributed by atoms with Crippen LogP contribution in [0.3, 0.4) is 0 Å². The minimum Gasteiger partial charge on any atom is -0.459 e. The molecule has 1 aromatic heterocycles. The highest BCUT2D eigenvalue weighted by Gasteiger charge is 2.24. The number of furan rings is 1. The normalized spacial score (nSPS) is 23.0. The van der Waals surface area contributed by atoms with Crippen molar-refractivity contribution in [3.8, 4) is 0 Å². The van der Waals surface area contributed by atoms with Gasteiger partial charge in [-0.25, -0.2) is 0 Å². The first-order valence-electron chi connectivity index (χ1n) is 8.08. The van der Waals surface area contributed by atoms with Crippen LogP contribution in [0, 0.1) is 5.92 Å². The third-order valence-electron chi connectivity index (χ3n) is 4.91. The second-order valence-corrected chi connectivity index (χ2v) is 6.54. The lowest BCUT2D eigenvalue weighted by Gasteiger charge is -2.34. The Morgan fingerprint density at radius 2 is 2.10 bits per heavy atom. The predicted molar refractivity (Wildman–Crippen MR) is 87.0 cm³/mol. The summed E-state index contributed by atoms with van der Waals surface area (Å²) < 4.78 is 5.91. The Hall–Kier alpha value is -1.32. The molecule has 3 nitrogen and oxygen atoms in total. The third kappa shape index (κ3) is 2.99. The van der Waals surface area contributed by atoms with E-state index in [0.717, 1.165) is 23.8 Å². The van der Waals surface area contributed by atoms with Crippen molar-refractivity contribution in [2.24, 2.45) is 11.7 Å². The Kier molecular flexibility index (Phi) is 4.32. The number of nitrogens with two attached hydrogens (primary N) is 1. The van der Waals surface area contributed by atoms with Gasteiger partial charge in [0.2, 0.25) is 0 Å². The van der Waals surface area contributed by atoms with E-state index in [1.807, 2.05) is 12.1 Å². The Labute approximate surface area is 127 Å². The summed E-state index contributed by atoms with van der Waals surface area (Å²) in [7, 11) is 2.24. The third-order valence-corrected chi connectivity index (χ3v) is 4.91. The van der Waals surface area contributed by atoms with E-state index in [0.29, 0.717) is 12.6 Å². The van der Waals surface area contributed by atoms with Crippen LogP contribution in [0.4, 0.5) is 0 Å². The lowest BCUT2D eigenvalue weighted by molar-refractivity contribution is 0.157. The average molecular weight is 286 g/mol. The Balaban J connectivity index is 1.83. The summed E-state index contributed by atoms with van der Waals surface area (Å²) in [4.78, 5) is 2.49. The van der Waals surface area contributed by atoms with Gasteiger partial charge in [0.25, 0.3) is 0 Å². The highest BCUT2D eigenvalue weighted by Crippen LogP contribution is 2.31. The lowest BCUT2D eigenvalue weighted by Crippen LogP contribution is -2.35. The standard InChI is InChI=1S/C18H26N2O/c1-13-6-5-7-14(10-13)20(2)12-16-15-8-3-4-9-17(15)21-18(16)11-19/h3-4,8-9,13-14H,5-7,10-12,19H2,1-2H3. The monoisotopic (exact) mass is 286 g/mol. The quantitative estimate of drug-likeness (QED) is 0.927. The molecule has 2 unspecified atom stereocenters. The fourth-order valence-corrected chi connectivity index (χ4v) is 3.67. The van der Waals surface area contributed by atoms with Crippen molar-refractivity contribution in [2.75, 3.05) is 7.05 Å². The summed E-state index contributed by atoms with van der Waals surface area (Å²) in [5, 5.41) is 1.22. The van der Waals surface area contributed by atoms with Gasteiger partial charge < -0.3 is 10.2 Å². The molecule has 3 rings (SSSR count). The molecule has 1 saturated carbocycles. The molecule has 0 radical (unpaired) electrons. The summed E-state index contributed by atoms with van der Waals surface area (Å²) in [5.74, 6) is 1.79. The largest absolute Gasteiger partial charge is 0.459 e. The van der Waals surface area contributed by atoms with Crippen molar-refractivity contribution in [3.05, 3.63) is 35.6 Å². The smallest absolute Gasteiger partial charge is 0.134 e. The number of para-hydroxylation sites is 1. The van der Waals surface area contributed by atoms with E-state index in [1.165, 1.54) is 36.6 Å². The molecule has 0 spiro atoms. The van der Waals surface area contributed by atoms with E-state index in [2.05, 4.69) is 31.0 Å². The minimum atomic E-state index is 0.471. The number of hydrogen-bond acceptors (Lipinski definition) is 3. The van der Waals surface area contributed by atoms with E-state index >= 15 is 0 Å². The fourth-order valence-electron chi connectivity index (χ4n) is 3.67. The summed E-state index contributed by atoms with van der Waals surface area (Å²) in [6, 6.07) is 8.95. The van der Waals surface area contributed by atoms with E-state index in [-0.39, 0.29) is 0 Å². The molecule has 21 heavy (non-hydrogen) atoms. The molecule has 2 aromatic rings. The molecular formula is C18H26N2O. The van der Waals surface area contributed by atoms with Gasteiger partial charge in [0.15, 0.2) is 0 Å². The first kappa shape index (κ1) is 14.6. The number of benzene rings is 1. The van der Waals surface area contributed by atoms with Crippen LogP contribution in [-0.4, -0.2) is 18.0 Å². The zero-order valence-corrected chi connectivity index (χ0v) is 13.1. The molecule has 1 aliphatic carbocycles. The van der Waals surface area contributed by atoms with Gasteiger partial charge >= 0.3 is 0 Å².